The zero-order valence-corrected chi connectivity index (χ0v) is 39.7. The number of hydrogen-bond donors (Lipinski definition) is 1. The first-order chi connectivity index (χ1) is 29.1. The van der Waals surface area contributed by atoms with Crippen LogP contribution < -0.4 is 0 Å². The van der Waals surface area contributed by atoms with Crippen molar-refractivity contribution in [1.29, 1.82) is 0 Å². The Hall–Kier alpha value is -2.71. The van der Waals surface area contributed by atoms with Crippen molar-refractivity contribution in [3.63, 3.8) is 0 Å². The molecule has 0 aromatic rings. The summed E-state index contributed by atoms with van der Waals surface area (Å²) < 4.78 is 17.3. The Kier molecular flexibility index (Phi) is 41.0. The third-order valence-electron chi connectivity index (χ3n) is 11.0. The Morgan fingerprint density at radius 2 is 0.933 bits per heavy atom. The van der Waals surface area contributed by atoms with Crippen molar-refractivity contribution in [2.24, 2.45) is 0 Å². The number of aliphatic carboxylic acids is 1. The summed E-state index contributed by atoms with van der Waals surface area (Å²) in [5.41, 5.74) is 0. The highest BCUT2D eigenvalue weighted by molar-refractivity contribution is 5.72. The molecular weight excluding hydrogens is 751 g/mol. The number of carboxylic acid groups (broad SMARTS) is 1. The van der Waals surface area contributed by atoms with Gasteiger partial charge in [-0.3, -0.25) is 9.59 Å². The summed E-state index contributed by atoms with van der Waals surface area (Å²) in [6, 6.07) is -0.615. The van der Waals surface area contributed by atoms with Gasteiger partial charge in [-0.2, -0.15) is 0 Å². The number of quaternary nitrogens is 1. The molecule has 0 aromatic heterocycles. The molecular formula is C52H94NO7+. The third-order valence-corrected chi connectivity index (χ3v) is 11.0. The molecule has 0 rings (SSSR count). The standard InChI is InChI=1S/C52H93NO7/c1-6-8-10-12-14-16-18-20-22-23-24-25-26-27-28-29-31-32-34-36-38-40-42-50(54)59-47-48(46-58-45-44-49(52(56)57)53(3,4)5)60-51(55)43-41-39-37-35-33-30-21-19-17-15-13-11-9-7-2/h8,10,14,16,20,22,24-25,48-49H,6-7,9,11-13,15,17-19,21,23,26-47H2,1-5H3/p+1/b10-8+,16-14+,22-20+,25-24+. The van der Waals surface area contributed by atoms with E-state index < -0.39 is 18.1 Å². The molecule has 1 N–H and O–H groups in total. The van der Waals surface area contributed by atoms with Crippen LogP contribution in [0.15, 0.2) is 48.6 Å². The molecule has 8 heteroatoms. The van der Waals surface area contributed by atoms with Gasteiger partial charge in [-0.1, -0.05) is 191 Å². The van der Waals surface area contributed by atoms with Crippen molar-refractivity contribution in [2.45, 2.75) is 225 Å². The summed E-state index contributed by atoms with van der Waals surface area (Å²) in [6.07, 6.45) is 51.5. The number of likely N-dealkylation sites (N-methyl/N-ethyl adjacent to an activating group) is 1. The molecule has 2 atom stereocenters. The second kappa shape index (κ2) is 43.0. The summed E-state index contributed by atoms with van der Waals surface area (Å²) >= 11 is 0. The summed E-state index contributed by atoms with van der Waals surface area (Å²) in [6.45, 7) is 4.64. The van der Waals surface area contributed by atoms with Gasteiger partial charge in [0.1, 0.15) is 6.61 Å². The molecule has 348 valence electrons. The highest BCUT2D eigenvalue weighted by Gasteiger charge is 2.31. The van der Waals surface area contributed by atoms with Crippen molar-refractivity contribution in [3.8, 4) is 0 Å². The predicted octanol–water partition coefficient (Wildman–Crippen LogP) is 14.0. The molecule has 60 heavy (non-hydrogen) atoms. The van der Waals surface area contributed by atoms with Crippen molar-refractivity contribution >= 4 is 17.9 Å². The van der Waals surface area contributed by atoms with Crippen molar-refractivity contribution < 1.29 is 38.2 Å². The minimum absolute atomic E-state index is 0.0523. The Bertz CT molecular complexity index is 1120. The number of unbranched alkanes of at least 4 members (excludes halogenated alkanes) is 22. The molecule has 0 saturated heterocycles. The Balaban J connectivity index is 4.23. The van der Waals surface area contributed by atoms with E-state index in [1.807, 2.05) is 21.1 Å². The molecule has 0 amide bonds. The molecule has 8 nitrogen and oxygen atoms in total. The van der Waals surface area contributed by atoms with Crippen LogP contribution in [-0.4, -0.2) is 80.6 Å². The second-order valence-electron chi connectivity index (χ2n) is 17.7. The number of carbonyl (C=O) groups excluding carboxylic acids is 2. The summed E-state index contributed by atoms with van der Waals surface area (Å²) in [5, 5.41) is 9.64. The van der Waals surface area contributed by atoms with Gasteiger partial charge in [0.05, 0.1) is 34.4 Å². The van der Waals surface area contributed by atoms with E-state index in [1.165, 1.54) is 109 Å². The van der Waals surface area contributed by atoms with E-state index in [9.17, 15) is 19.5 Å². The van der Waals surface area contributed by atoms with Crippen LogP contribution in [0.3, 0.4) is 0 Å². The van der Waals surface area contributed by atoms with E-state index in [1.54, 1.807) is 0 Å². The first kappa shape index (κ1) is 57.3. The highest BCUT2D eigenvalue weighted by atomic mass is 16.6. The van der Waals surface area contributed by atoms with Gasteiger partial charge in [-0.25, -0.2) is 4.79 Å². The molecule has 0 fully saturated rings. The topological polar surface area (TPSA) is 99.1 Å². The van der Waals surface area contributed by atoms with Crippen molar-refractivity contribution in [1.82, 2.24) is 0 Å². The van der Waals surface area contributed by atoms with E-state index in [2.05, 4.69) is 62.5 Å². The summed E-state index contributed by atoms with van der Waals surface area (Å²) in [5.74, 6) is -1.47. The molecule has 0 aliphatic heterocycles. The normalized spacial score (nSPS) is 13.3. The molecule has 0 bridgehead atoms. The lowest BCUT2D eigenvalue weighted by atomic mass is 10.0. The molecule has 0 aliphatic rings. The average Bonchev–Trinajstić information content (AvgIpc) is 3.21. The monoisotopic (exact) mass is 845 g/mol. The number of rotatable bonds is 44. The van der Waals surface area contributed by atoms with E-state index >= 15 is 0 Å². The number of carboxylic acids is 1. The Morgan fingerprint density at radius 1 is 0.517 bits per heavy atom. The first-order valence-corrected chi connectivity index (χ1v) is 24.7. The van der Waals surface area contributed by atoms with Gasteiger partial charge in [0, 0.05) is 19.3 Å². The van der Waals surface area contributed by atoms with Gasteiger partial charge in [0.2, 0.25) is 0 Å². The molecule has 0 heterocycles. The van der Waals surface area contributed by atoms with Crippen LogP contribution in [0.1, 0.15) is 213 Å². The van der Waals surface area contributed by atoms with Gasteiger partial charge in [-0.15, -0.1) is 0 Å². The molecule has 0 saturated carbocycles. The average molecular weight is 845 g/mol. The minimum Gasteiger partial charge on any atom is -0.477 e. The van der Waals surface area contributed by atoms with Crippen LogP contribution in [0.4, 0.5) is 0 Å². The fraction of sp³-hybridized carbons (Fsp3) is 0.788. The molecule has 2 unspecified atom stereocenters. The fourth-order valence-corrected chi connectivity index (χ4v) is 7.20. The van der Waals surface area contributed by atoms with E-state index in [0.29, 0.717) is 19.3 Å². The highest BCUT2D eigenvalue weighted by Crippen LogP contribution is 2.16. The van der Waals surface area contributed by atoms with Crippen LogP contribution in [0, 0.1) is 0 Å². The number of nitrogens with zero attached hydrogens (tertiary/aromatic N) is 1. The smallest absolute Gasteiger partial charge is 0.362 e. The molecule has 0 aromatic carbocycles. The van der Waals surface area contributed by atoms with Gasteiger partial charge in [-0.05, 0) is 51.4 Å². The number of allylic oxidation sites excluding steroid dienone is 8. The van der Waals surface area contributed by atoms with Gasteiger partial charge >= 0.3 is 17.9 Å². The van der Waals surface area contributed by atoms with Crippen LogP contribution in [0.25, 0.3) is 0 Å². The zero-order valence-electron chi connectivity index (χ0n) is 39.7. The lowest BCUT2D eigenvalue weighted by Gasteiger charge is -2.31. The predicted molar refractivity (Wildman–Crippen MR) is 252 cm³/mol. The molecule has 0 radical (unpaired) electrons. The SMILES string of the molecule is CC/C=C/C/C=C/C/C=C/C/C=C/CCCCCCCCCCCC(=O)OCC(COCCC(C(=O)O)[N+](C)(C)C)OC(=O)CCCCCCCCCCCCCCCC. The fourth-order valence-electron chi connectivity index (χ4n) is 7.20. The Labute approximate surface area is 369 Å². The maximum atomic E-state index is 12.8. The van der Waals surface area contributed by atoms with E-state index in [4.69, 9.17) is 14.2 Å². The molecule has 0 spiro atoms. The Morgan fingerprint density at radius 3 is 1.38 bits per heavy atom. The largest absolute Gasteiger partial charge is 0.477 e. The van der Waals surface area contributed by atoms with Crippen LogP contribution in [0.5, 0.6) is 0 Å². The van der Waals surface area contributed by atoms with Gasteiger partial charge in [0.25, 0.3) is 0 Å². The van der Waals surface area contributed by atoms with Crippen molar-refractivity contribution in [3.05, 3.63) is 48.6 Å². The molecule has 0 aliphatic carbocycles. The quantitative estimate of drug-likeness (QED) is 0.0282. The minimum atomic E-state index is -0.875. The van der Waals surface area contributed by atoms with E-state index in [-0.39, 0.29) is 36.2 Å². The number of ether oxygens (including phenoxy) is 3. The lowest BCUT2D eigenvalue weighted by molar-refractivity contribution is -0.887. The van der Waals surface area contributed by atoms with Crippen LogP contribution in [0.2, 0.25) is 0 Å². The van der Waals surface area contributed by atoms with Gasteiger partial charge in [0.15, 0.2) is 12.1 Å². The maximum absolute atomic E-state index is 12.8. The van der Waals surface area contributed by atoms with Crippen LogP contribution in [-0.2, 0) is 28.6 Å². The number of carbonyl (C=O) groups is 3. The zero-order chi connectivity index (χ0) is 44.2. The van der Waals surface area contributed by atoms with E-state index in [0.717, 1.165) is 70.6 Å². The third kappa shape index (κ3) is 40.7. The van der Waals surface area contributed by atoms with Crippen molar-refractivity contribution in [2.75, 3.05) is 41.0 Å². The maximum Gasteiger partial charge on any atom is 0.362 e. The lowest BCUT2D eigenvalue weighted by Crippen LogP contribution is -2.50. The summed E-state index contributed by atoms with van der Waals surface area (Å²) in [4.78, 5) is 37.1. The van der Waals surface area contributed by atoms with Crippen LogP contribution >= 0.6 is 0 Å². The summed E-state index contributed by atoms with van der Waals surface area (Å²) in [7, 11) is 5.53. The number of esters is 2. The number of hydrogen-bond acceptors (Lipinski definition) is 6. The second-order valence-corrected chi connectivity index (χ2v) is 17.7. The van der Waals surface area contributed by atoms with Gasteiger partial charge < -0.3 is 23.8 Å². The first-order valence-electron chi connectivity index (χ1n) is 24.7.